The Morgan fingerprint density at radius 1 is 1.36 bits per heavy atom. The van der Waals surface area contributed by atoms with Gasteiger partial charge in [-0.2, -0.15) is 0 Å². The average molecular weight is 201 g/mol. The van der Waals surface area contributed by atoms with Crippen LogP contribution in [0.4, 0.5) is 0 Å². The largest absolute Gasteiger partial charge is 0.481 e. The molecular weight excluding hydrogens is 186 g/mol. The Bertz CT molecular complexity index is 233. The molecule has 1 fully saturated rings. The zero-order valence-corrected chi connectivity index (χ0v) is 8.07. The fourth-order valence-electron chi connectivity index (χ4n) is 2.07. The van der Waals surface area contributed by atoms with Gasteiger partial charge < -0.3 is 5.11 Å². The van der Waals surface area contributed by atoms with Crippen LogP contribution in [0.3, 0.4) is 0 Å². The Morgan fingerprint density at radius 2 is 1.93 bits per heavy atom. The first-order valence-corrected chi connectivity index (χ1v) is 4.93. The summed E-state index contributed by atoms with van der Waals surface area (Å²) in [5, 5.41) is 19.4. The zero-order valence-electron chi connectivity index (χ0n) is 8.07. The number of carboxylic acid groups (broad SMARTS) is 1. The molecule has 14 heavy (non-hydrogen) atoms. The van der Waals surface area contributed by atoms with Crippen molar-refractivity contribution >= 4 is 5.97 Å². The smallest absolute Gasteiger partial charge is 0.303 e. The van der Waals surface area contributed by atoms with E-state index in [0.717, 1.165) is 19.3 Å². The maximum atomic E-state index is 10.9. The van der Waals surface area contributed by atoms with Crippen LogP contribution in [0.25, 0.3) is 0 Å². The maximum absolute atomic E-state index is 10.9. The Hall–Kier alpha value is -1.13. The Balaban J connectivity index is 2.60. The molecule has 0 amide bonds. The molecule has 0 aromatic carbocycles. The van der Waals surface area contributed by atoms with Gasteiger partial charge in [0.25, 0.3) is 0 Å². The van der Waals surface area contributed by atoms with Gasteiger partial charge >= 0.3 is 5.97 Å². The van der Waals surface area contributed by atoms with Gasteiger partial charge in [0.15, 0.2) is 0 Å². The predicted octanol–water partition coefficient (Wildman–Crippen LogP) is 1.83. The SMILES string of the molecule is O=C(O)CCC1([N+](=O)[O-])CCCCC1. The highest BCUT2D eigenvalue weighted by molar-refractivity contribution is 5.66. The molecule has 0 bridgehead atoms. The van der Waals surface area contributed by atoms with Crippen LogP contribution in [0.15, 0.2) is 0 Å². The summed E-state index contributed by atoms with van der Waals surface area (Å²) in [6, 6.07) is 0. The van der Waals surface area contributed by atoms with Gasteiger partial charge in [0.05, 0.1) is 6.42 Å². The summed E-state index contributed by atoms with van der Waals surface area (Å²) in [7, 11) is 0. The molecule has 0 atom stereocenters. The van der Waals surface area contributed by atoms with E-state index in [1.54, 1.807) is 0 Å². The van der Waals surface area contributed by atoms with Crippen molar-refractivity contribution in [1.82, 2.24) is 0 Å². The summed E-state index contributed by atoms with van der Waals surface area (Å²) in [4.78, 5) is 21.0. The number of aliphatic carboxylic acids is 1. The van der Waals surface area contributed by atoms with E-state index in [9.17, 15) is 14.9 Å². The van der Waals surface area contributed by atoms with E-state index in [-0.39, 0.29) is 17.8 Å². The van der Waals surface area contributed by atoms with E-state index in [2.05, 4.69) is 0 Å². The second kappa shape index (κ2) is 4.39. The van der Waals surface area contributed by atoms with Crippen LogP contribution in [-0.2, 0) is 4.79 Å². The molecule has 1 aliphatic rings. The molecule has 0 aromatic rings. The topological polar surface area (TPSA) is 80.4 Å². The quantitative estimate of drug-likeness (QED) is 0.555. The lowest BCUT2D eigenvalue weighted by Gasteiger charge is -2.28. The van der Waals surface area contributed by atoms with Crippen LogP contribution in [0.2, 0.25) is 0 Å². The number of nitrogens with zero attached hydrogens (tertiary/aromatic N) is 1. The first kappa shape index (κ1) is 10.9. The molecule has 80 valence electrons. The van der Waals surface area contributed by atoms with Gasteiger partial charge in [-0.1, -0.05) is 6.42 Å². The third-order valence-corrected chi connectivity index (χ3v) is 2.98. The van der Waals surface area contributed by atoms with Crippen molar-refractivity contribution in [2.45, 2.75) is 50.5 Å². The third kappa shape index (κ3) is 2.43. The third-order valence-electron chi connectivity index (χ3n) is 2.98. The molecule has 5 nitrogen and oxygen atoms in total. The van der Waals surface area contributed by atoms with Crippen molar-refractivity contribution in [3.05, 3.63) is 10.1 Å². The van der Waals surface area contributed by atoms with Gasteiger partial charge in [0.2, 0.25) is 5.54 Å². The van der Waals surface area contributed by atoms with Crippen molar-refractivity contribution in [2.75, 3.05) is 0 Å². The maximum Gasteiger partial charge on any atom is 0.303 e. The molecule has 5 heteroatoms. The average Bonchev–Trinajstić information content (AvgIpc) is 2.16. The van der Waals surface area contributed by atoms with Gasteiger partial charge in [-0.25, -0.2) is 0 Å². The molecule has 0 aromatic heterocycles. The van der Waals surface area contributed by atoms with Crippen molar-refractivity contribution in [2.24, 2.45) is 0 Å². The fraction of sp³-hybridized carbons (Fsp3) is 0.889. The van der Waals surface area contributed by atoms with Gasteiger partial charge in [0.1, 0.15) is 0 Å². The summed E-state index contributed by atoms with van der Waals surface area (Å²) in [5.41, 5.74) is -0.948. The summed E-state index contributed by atoms with van der Waals surface area (Å²) in [6.45, 7) is 0. The van der Waals surface area contributed by atoms with E-state index in [4.69, 9.17) is 5.11 Å². The van der Waals surface area contributed by atoms with Gasteiger partial charge in [-0.15, -0.1) is 0 Å². The van der Waals surface area contributed by atoms with Gasteiger partial charge in [0, 0.05) is 24.2 Å². The molecule has 0 aliphatic heterocycles. The molecule has 1 aliphatic carbocycles. The summed E-state index contributed by atoms with van der Waals surface area (Å²) >= 11 is 0. The minimum Gasteiger partial charge on any atom is -0.481 e. The van der Waals surface area contributed by atoms with E-state index in [0.29, 0.717) is 12.8 Å². The number of hydrogen-bond donors (Lipinski definition) is 1. The molecule has 0 unspecified atom stereocenters. The second-order valence-electron chi connectivity index (χ2n) is 3.94. The lowest BCUT2D eigenvalue weighted by atomic mass is 9.79. The van der Waals surface area contributed by atoms with Crippen LogP contribution < -0.4 is 0 Å². The molecule has 0 saturated heterocycles. The first-order valence-electron chi connectivity index (χ1n) is 4.93. The van der Waals surface area contributed by atoms with E-state index in [1.807, 2.05) is 0 Å². The highest BCUT2D eigenvalue weighted by Crippen LogP contribution is 2.34. The van der Waals surface area contributed by atoms with E-state index < -0.39 is 11.5 Å². The monoisotopic (exact) mass is 201 g/mol. The minimum absolute atomic E-state index is 0.0963. The van der Waals surface area contributed by atoms with Crippen molar-refractivity contribution in [1.29, 1.82) is 0 Å². The van der Waals surface area contributed by atoms with Crippen LogP contribution in [-0.4, -0.2) is 21.5 Å². The zero-order chi connectivity index (χ0) is 10.6. The van der Waals surface area contributed by atoms with Crippen LogP contribution in [0, 0.1) is 10.1 Å². The lowest BCUT2D eigenvalue weighted by Crippen LogP contribution is -2.40. The molecule has 0 spiro atoms. The van der Waals surface area contributed by atoms with Crippen LogP contribution in [0.5, 0.6) is 0 Å². The Kier molecular flexibility index (Phi) is 3.43. The van der Waals surface area contributed by atoms with Crippen molar-refractivity contribution in [3.8, 4) is 0 Å². The first-order chi connectivity index (χ1) is 6.57. The molecule has 1 saturated carbocycles. The normalized spacial score (nSPS) is 20.3. The molecular formula is C9H15NO4. The molecule has 0 radical (unpaired) electrons. The lowest BCUT2D eigenvalue weighted by molar-refractivity contribution is -0.576. The summed E-state index contributed by atoms with van der Waals surface area (Å²) in [6.07, 6.45) is 3.88. The molecule has 0 heterocycles. The number of hydrogen-bond acceptors (Lipinski definition) is 3. The van der Waals surface area contributed by atoms with E-state index in [1.165, 1.54) is 0 Å². The van der Waals surface area contributed by atoms with Gasteiger partial charge in [-0.05, 0) is 12.8 Å². The predicted molar refractivity (Wildman–Crippen MR) is 49.7 cm³/mol. The van der Waals surface area contributed by atoms with Crippen LogP contribution in [0.1, 0.15) is 44.9 Å². The number of nitro groups is 1. The number of carboxylic acids is 1. The number of carbonyl (C=O) groups is 1. The summed E-state index contributed by atoms with van der Waals surface area (Å²) < 4.78 is 0. The van der Waals surface area contributed by atoms with Gasteiger partial charge in [-0.3, -0.25) is 14.9 Å². The van der Waals surface area contributed by atoms with Crippen molar-refractivity contribution < 1.29 is 14.8 Å². The summed E-state index contributed by atoms with van der Waals surface area (Å²) in [5.74, 6) is -0.947. The second-order valence-corrected chi connectivity index (χ2v) is 3.94. The Labute approximate surface area is 82.3 Å². The van der Waals surface area contributed by atoms with Crippen LogP contribution >= 0.6 is 0 Å². The Morgan fingerprint density at radius 3 is 2.36 bits per heavy atom. The minimum atomic E-state index is -0.948. The highest BCUT2D eigenvalue weighted by atomic mass is 16.6. The van der Waals surface area contributed by atoms with Crippen molar-refractivity contribution in [3.63, 3.8) is 0 Å². The van der Waals surface area contributed by atoms with E-state index >= 15 is 0 Å². The highest BCUT2D eigenvalue weighted by Gasteiger charge is 2.43. The fourth-order valence-corrected chi connectivity index (χ4v) is 2.07. The number of rotatable bonds is 4. The molecule has 1 rings (SSSR count). The standard InChI is InChI=1S/C9H15NO4/c11-8(12)4-7-9(10(13)14)5-2-1-3-6-9/h1-7H2,(H,11,12). The molecule has 1 N–H and O–H groups in total.